The van der Waals surface area contributed by atoms with Crippen molar-refractivity contribution >= 4 is 5.97 Å². The smallest absolute Gasteiger partial charge is 0.315 e. The standard InChI is InChI=1S/C19H32O3/c1-4-7-8-9-10-11-12-13-14-16-18(20)17(15-5-2)19(21)22-6-3/h1,5,15,17-18,20H,6-14,16H2,2-3H3/b15-5+. The highest BCUT2D eigenvalue weighted by molar-refractivity contribution is 5.75. The lowest BCUT2D eigenvalue weighted by Crippen LogP contribution is -2.28. The van der Waals surface area contributed by atoms with Gasteiger partial charge in [-0.05, 0) is 26.7 Å². The van der Waals surface area contributed by atoms with Gasteiger partial charge in [-0.15, -0.1) is 12.3 Å². The van der Waals surface area contributed by atoms with Crippen LogP contribution in [0.3, 0.4) is 0 Å². The van der Waals surface area contributed by atoms with Gasteiger partial charge in [0.2, 0.25) is 0 Å². The average molecular weight is 308 g/mol. The van der Waals surface area contributed by atoms with Crippen LogP contribution in [0.5, 0.6) is 0 Å². The highest BCUT2D eigenvalue weighted by Crippen LogP contribution is 2.17. The quantitative estimate of drug-likeness (QED) is 0.239. The van der Waals surface area contributed by atoms with Crippen LogP contribution in [0, 0.1) is 18.3 Å². The number of rotatable bonds is 13. The minimum atomic E-state index is -0.647. The van der Waals surface area contributed by atoms with Crippen LogP contribution in [0.15, 0.2) is 12.2 Å². The number of esters is 1. The molecule has 22 heavy (non-hydrogen) atoms. The first-order valence-electron chi connectivity index (χ1n) is 8.58. The van der Waals surface area contributed by atoms with Crippen molar-refractivity contribution in [3.05, 3.63) is 12.2 Å². The summed E-state index contributed by atoms with van der Waals surface area (Å²) >= 11 is 0. The number of unbranched alkanes of at least 4 members (excludes halogenated alkanes) is 7. The molecule has 0 aliphatic carbocycles. The second-order valence-electron chi connectivity index (χ2n) is 5.59. The number of ether oxygens (including phenoxy) is 1. The molecule has 0 aromatic carbocycles. The summed E-state index contributed by atoms with van der Waals surface area (Å²) in [5.74, 6) is 1.79. The molecule has 0 aliphatic heterocycles. The van der Waals surface area contributed by atoms with Crippen LogP contribution in [0.1, 0.15) is 71.6 Å². The predicted octanol–water partition coefficient (Wildman–Crippen LogP) is 4.25. The summed E-state index contributed by atoms with van der Waals surface area (Å²) in [4.78, 5) is 11.8. The summed E-state index contributed by atoms with van der Waals surface area (Å²) in [7, 11) is 0. The van der Waals surface area contributed by atoms with E-state index in [1.807, 2.05) is 6.92 Å². The lowest BCUT2D eigenvalue weighted by atomic mass is 9.96. The van der Waals surface area contributed by atoms with Gasteiger partial charge in [0, 0.05) is 6.42 Å². The first-order chi connectivity index (χ1) is 10.7. The zero-order valence-electron chi connectivity index (χ0n) is 14.2. The van der Waals surface area contributed by atoms with Crippen LogP contribution < -0.4 is 0 Å². The molecule has 0 aliphatic rings. The average Bonchev–Trinajstić information content (AvgIpc) is 2.51. The van der Waals surface area contributed by atoms with E-state index in [0.717, 1.165) is 25.7 Å². The Hall–Kier alpha value is -1.27. The Balaban J connectivity index is 3.79. The third-order valence-corrected chi connectivity index (χ3v) is 3.69. The summed E-state index contributed by atoms with van der Waals surface area (Å²) < 4.78 is 5.01. The van der Waals surface area contributed by atoms with Crippen molar-refractivity contribution in [2.75, 3.05) is 6.61 Å². The van der Waals surface area contributed by atoms with Crippen molar-refractivity contribution in [2.45, 2.75) is 77.7 Å². The normalized spacial score (nSPS) is 13.7. The zero-order chi connectivity index (χ0) is 16.6. The Kier molecular flexibility index (Phi) is 13.8. The minimum Gasteiger partial charge on any atom is -0.465 e. The molecule has 126 valence electrons. The molecule has 0 heterocycles. The Morgan fingerprint density at radius 1 is 1.18 bits per heavy atom. The van der Waals surface area contributed by atoms with E-state index in [1.54, 1.807) is 19.1 Å². The number of hydrogen-bond acceptors (Lipinski definition) is 3. The van der Waals surface area contributed by atoms with E-state index in [1.165, 1.54) is 25.7 Å². The van der Waals surface area contributed by atoms with Crippen LogP contribution in [-0.4, -0.2) is 23.8 Å². The van der Waals surface area contributed by atoms with Crippen molar-refractivity contribution in [1.29, 1.82) is 0 Å². The Bertz CT molecular complexity index is 341. The molecule has 2 unspecified atom stereocenters. The molecule has 0 radical (unpaired) electrons. The molecule has 0 saturated heterocycles. The van der Waals surface area contributed by atoms with Gasteiger partial charge in [-0.25, -0.2) is 0 Å². The number of carbonyl (C=O) groups is 1. The summed E-state index contributed by atoms with van der Waals surface area (Å²) in [6.07, 6.45) is 17.6. The van der Waals surface area contributed by atoms with Gasteiger partial charge in [-0.2, -0.15) is 0 Å². The number of terminal acetylenes is 1. The molecule has 0 spiro atoms. The van der Waals surface area contributed by atoms with Gasteiger partial charge in [0.05, 0.1) is 12.7 Å². The van der Waals surface area contributed by atoms with Crippen molar-refractivity contribution < 1.29 is 14.6 Å². The largest absolute Gasteiger partial charge is 0.465 e. The van der Waals surface area contributed by atoms with Gasteiger partial charge in [0.1, 0.15) is 5.92 Å². The zero-order valence-corrected chi connectivity index (χ0v) is 14.2. The first-order valence-corrected chi connectivity index (χ1v) is 8.58. The molecule has 0 rings (SSSR count). The fraction of sp³-hybridized carbons (Fsp3) is 0.737. The third-order valence-electron chi connectivity index (χ3n) is 3.69. The summed E-state index contributed by atoms with van der Waals surface area (Å²) in [5, 5.41) is 10.2. The van der Waals surface area contributed by atoms with E-state index in [9.17, 15) is 9.90 Å². The van der Waals surface area contributed by atoms with Gasteiger partial charge in [0.25, 0.3) is 0 Å². The van der Waals surface area contributed by atoms with E-state index in [4.69, 9.17) is 11.2 Å². The summed E-state index contributed by atoms with van der Waals surface area (Å²) in [6, 6.07) is 0. The van der Waals surface area contributed by atoms with Crippen LogP contribution in [-0.2, 0) is 9.53 Å². The van der Waals surface area contributed by atoms with Crippen molar-refractivity contribution in [3.8, 4) is 12.3 Å². The lowest BCUT2D eigenvalue weighted by Gasteiger charge is -2.18. The Labute approximate surface area is 136 Å². The second-order valence-corrected chi connectivity index (χ2v) is 5.59. The van der Waals surface area contributed by atoms with E-state index >= 15 is 0 Å². The van der Waals surface area contributed by atoms with E-state index < -0.39 is 12.0 Å². The number of carbonyl (C=O) groups excluding carboxylic acids is 1. The van der Waals surface area contributed by atoms with E-state index in [0.29, 0.717) is 13.0 Å². The summed E-state index contributed by atoms with van der Waals surface area (Å²) in [5.41, 5.74) is 0. The molecule has 0 saturated carbocycles. The molecule has 0 amide bonds. The molecule has 0 bridgehead atoms. The molecule has 0 aromatic heterocycles. The summed E-state index contributed by atoms with van der Waals surface area (Å²) in [6.45, 7) is 3.97. The SMILES string of the molecule is C#CCCCCCCCCCC(O)C(/C=C/C)C(=O)OCC. The minimum absolute atomic E-state index is 0.332. The van der Waals surface area contributed by atoms with Crippen molar-refractivity contribution in [2.24, 2.45) is 5.92 Å². The van der Waals surface area contributed by atoms with Gasteiger partial charge >= 0.3 is 5.97 Å². The molecule has 3 heteroatoms. The van der Waals surface area contributed by atoms with Crippen molar-refractivity contribution in [1.82, 2.24) is 0 Å². The molecule has 3 nitrogen and oxygen atoms in total. The maximum Gasteiger partial charge on any atom is 0.315 e. The highest BCUT2D eigenvalue weighted by Gasteiger charge is 2.24. The fourth-order valence-electron chi connectivity index (χ4n) is 2.45. The maximum atomic E-state index is 11.8. The molecular formula is C19H32O3. The molecule has 0 aromatic rings. The van der Waals surface area contributed by atoms with Gasteiger partial charge in [0.15, 0.2) is 0 Å². The van der Waals surface area contributed by atoms with Crippen LogP contribution in [0.4, 0.5) is 0 Å². The molecular weight excluding hydrogens is 276 g/mol. The topological polar surface area (TPSA) is 46.5 Å². The third kappa shape index (κ3) is 10.5. The Morgan fingerprint density at radius 2 is 1.77 bits per heavy atom. The lowest BCUT2D eigenvalue weighted by molar-refractivity contribution is -0.149. The fourth-order valence-corrected chi connectivity index (χ4v) is 2.45. The van der Waals surface area contributed by atoms with Gasteiger partial charge in [-0.1, -0.05) is 50.7 Å². The second kappa shape index (κ2) is 14.7. The number of hydrogen-bond donors (Lipinski definition) is 1. The first kappa shape index (κ1) is 20.7. The van der Waals surface area contributed by atoms with Gasteiger partial charge in [-0.3, -0.25) is 4.79 Å². The van der Waals surface area contributed by atoms with Crippen LogP contribution in [0.2, 0.25) is 0 Å². The molecule has 1 N–H and O–H groups in total. The number of allylic oxidation sites excluding steroid dienone is 1. The highest BCUT2D eigenvalue weighted by atomic mass is 16.5. The maximum absolute atomic E-state index is 11.8. The monoisotopic (exact) mass is 308 g/mol. The Morgan fingerprint density at radius 3 is 2.32 bits per heavy atom. The van der Waals surface area contributed by atoms with Crippen molar-refractivity contribution in [3.63, 3.8) is 0 Å². The predicted molar refractivity (Wildman–Crippen MR) is 91.3 cm³/mol. The number of aliphatic hydroxyl groups excluding tert-OH is 1. The molecule has 0 fully saturated rings. The van der Waals surface area contributed by atoms with Gasteiger partial charge < -0.3 is 9.84 Å². The van der Waals surface area contributed by atoms with E-state index in [-0.39, 0.29) is 5.97 Å². The van der Waals surface area contributed by atoms with Crippen LogP contribution >= 0.6 is 0 Å². The van der Waals surface area contributed by atoms with E-state index in [2.05, 4.69) is 5.92 Å². The molecule has 2 atom stereocenters. The number of aliphatic hydroxyl groups is 1. The van der Waals surface area contributed by atoms with Crippen LogP contribution in [0.25, 0.3) is 0 Å².